The highest BCUT2D eigenvalue weighted by atomic mass is 35.5. The fourth-order valence-corrected chi connectivity index (χ4v) is 3.27. The number of alkyl halides is 3. The molecule has 0 unspecified atom stereocenters. The van der Waals surface area contributed by atoms with Crippen LogP contribution in [0.3, 0.4) is 0 Å². The molecule has 4 nitrogen and oxygen atoms in total. The molecule has 1 aliphatic rings. The van der Waals surface area contributed by atoms with E-state index in [0.29, 0.717) is 0 Å². The molecule has 1 atom stereocenters. The third-order valence-corrected chi connectivity index (χ3v) is 4.48. The number of pyridine rings is 1. The van der Waals surface area contributed by atoms with Crippen molar-refractivity contribution < 1.29 is 27.0 Å². The van der Waals surface area contributed by atoms with E-state index in [1.54, 1.807) is 13.8 Å². The van der Waals surface area contributed by atoms with Crippen LogP contribution in [0.5, 0.6) is 0 Å². The van der Waals surface area contributed by atoms with Gasteiger partial charge in [0.05, 0.1) is 23.3 Å². The second-order valence-electron chi connectivity index (χ2n) is 6.32. The van der Waals surface area contributed by atoms with Crippen molar-refractivity contribution in [3.8, 4) is 0 Å². The van der Waals surface area contributed by atoms with Crippen LogP contribution in [-0.2, 0) is 10.2 Å². The minimum absolute atomic E-state index is 0.0181. The molecule has 1 aromatic heterocycles. The largest absolute Gasteiger partial charge is 0.711 e. The number of aromatic nitrogens is 1. The summed E-state index contributed by atoms with van der Waals surface area (Å²) in [6.45, 7) is 2.36. The highest BCUT2D eigenvalue weighted by Crippen LogP contribution is 2.54. The van der Waals surface area contributed by atoms with Crippen LogP contribution in [0.25, 0.3) is 0 Å². The predicted octanol–water partition coefficient (Wildman–Crippen LogP) is 4.44. The van der Waals surface area contributed by atoms with Gasteiger partial charge < -0.3 is 9.94 Å². The topological polar surface area (TPSA) is 48.2 Å². The van der Waals surface area contributed by atoms with Crippen molar-refractivity contribution in [3.05, 3.63) is 57.6 Å². The molecule has 0 amide bonds. The Morgan fingerprint density at radius 3 is 2.58 bits per heavy atom. The lowest BCUT2D eigenvalue weighted by Gasteiger charge is -2.40. The molecule has 0 saturated carbocycles. The van der Waals surface area contributed by atoms with Gasteiger partial charge in [-0.05, 0) is 38.1 Å². The van der Waals surface area contributed by atoms with Gasteiger partial charge in [0.1, 0.15) is 17.7 Å². The number of anilines is 2. The number of fused-ring (bicyclic) bond motifs is 2. The standard InChI is InChI=1S/C17H15ClF4N2O2/c1-9(2)26-8-16(17(20,21)22)12-6-11(19)3-4-14(12)23-15-13(16)5-10(18)7-24(15)25/h3-7,9,23H,8H2,1-2H3/t16-/m1/s1. The molecule has 0 fully saturated rings. The smallest absolute Gasteiger partial charge is 0.405 e. The summed E-state index contributed by atoms with van der Waals surface area (Å²) in [6.07, 6.45) is -4.44. The molecule has 3 rings (SSSR count). The predicted molar refractivity (Wildman–Crippen MR) is 88.0 cm³/mol. The van der Waals surface area contributed by atoms with Gasteiger partial charge in [0.2, 0.25) is 0 Å². The summed E-state index contributed by atoms with van der Waals surface area (Å²) in [5.74, 6) is -1.15. The van der Waals surface area contributed by atoms with Crippen LogP contribution in [0.4, 0.5) is 29.1 Å². The summed E-state index contributed by atoms with van der Waals surface area (Å²) >= 11 is 5.85. The van der Waals surface area contributed by atoms with E-state index in [1.165, 1.54) is 0 Å². The zero-order valence-electron chi connectivity index (χ0n) is 13.8. The first-order valence-electron chi connectivity index (χ1n) is 7.75. The molecule has 140 valence electrons. The molecule has 9 heteroatoms. The van der Waals surface area contributed by atoms with E-state index in [-0.39, 0.29) is 26.8 Å². The Hall–Kier alpha value is -2.06. The van der Waals surface area contributed by atoms with E-state index in [0.717, 1.165) is 30.5 Å². The van der Waals surface area contributed by atoms with Gasteiger partial charge in [0.25, 0.3) is 5.82 Å². The van der Waals surface area contributed by atoms with Gasteiger partial charge in [-0.25, -0.2) is 14.4 Å². The monoisotopic (exact) mass is 390 g/mol. The first kappa shape index (κ1) is 18.7. The van der Waals surface area contributed by atoms with Gasteiger partial charge in [0.15, 0.2) is 5.41 Å². The molecule has 0 radical (unpaired) electrons. The number of benzene rings is 1. The highest BCUT2D eigenvalue weighted by molar-refractivity contribution is 6.30. The van der Waals surface area contributed by atoms with Crippen molar-refractivity contribution in [3.63, 3.8) is 0 Å². The summed E-state index contributed by atoms with van der Waals surface area (Å²) < 4.78 is 62.6. The van der Waals surface area contributed by atoms with Crippen LogP contribution in [0.2, 0.25) is 5.02 Å². The first-order chi connectivity index (χ1) is 12.1. The average molecular weight is 391 g/mol. The van der Waals surface area contributed by atoms with Crippen LogP contribution in [-0.4, -0.2) is 18.9 Å². The molecular weight excluding hydrogens is 376 g/mol. The third-order valence-electron chi connectivity index (χ3n) is 4.27. The number of nitrogens with zero attached hydrogens (tertiary/aromatic N) is 1. The molecule has 2 heterocycles. The van der Waals surface area contributed by atoms with Crippen molar-refractivity contribution in [2.24, 2.45) is 0 Å². The van der Waals surface area contributed by atoms with Crippen molar-refractivity contribution >= 4 is 23.1 Å². The summed E-state index contributed by atoms with van der Waals surface area (Å²) in [5.41, 5.74) is -3.53. The first-order valence-corrected chi connectivity index (χ1v) is 8.12. The summed E-state index contributed by atoms with van der Waals surface area (Å²) in [7, 11) is 0. The van der Waals surface area contributed by atoms with Gasteiger partial charge in [-0.2, -0.15) is 13.2 Å². The Labute approximate surface area is 151 Å². The number of rotatable bonds is 3. The van der Waals surface area contributed by atoms with E-state index < -0.39 is 35.7 Å². The Kier molecular flexibility index (Phi) is 4.52. The average Bonchev–Trinajstić information content (AvgIpc) is 2.51. The summed E-state index contributed by atoms with van der Waals surface area (Å²) in [5, 5.41) is 14.7. The van der Waals surface area contributed by atoms with Crippen molar-refractivity contribution in [1.82, 2.24) is 0 Å². The molecule has 0 saturated heterocycles. The second kappa shape index (κ2) is 6.28. The molecule has 26 heavy (non-hydrogen) atoms. The molecule has 1 aliphatic heterocycles. The molecular formula is C17H15ClF4N2O2. The van der Waals surface area contributed by atoms with Crippen molar-refractivity contribution in [2.45, 2.75) is 31.5 Å². The van der Waals surface area contributed by atoms with E-state index >= 15 is 0 Å². The third kappa shape index (κ3) is 2.87. The van der Waals surface area contributed by atoms with Crippen LogP contribution in [0, 0.1) is 11.0 Å². The fourth-order valence-electron chi connectivity index (χ4n) is 3.07. The van der Waals surface area contributed by atoms with Gasteiger partial charge in [-0.1, -0.05) is 11.6 Å². The number of hydrogen-bond acceptors (Lipinski definition) is 3. The number of halogens is 5. The SMILES string of the molecule is CC(C)OC[C@@]1(C(F)(F)F)c2cc(F)ccc2Nc2c1cc(Cl)c[n+]2[O-]. The van der Waals surface area contributed by atoms with Gasteiger partial charge in [0, 0.05) is 5.56 Å². The van der Waals surface area contributed by atoms with E-state index in [9.17, 15) is 22.8 Å². The van der Waals surface area contributed by atoms with E-state index in [2.05, 4.69) is 5.32 Å². The van der Waals surface area contributed by atoms with Crippen molar-refractivity contribution in [2.75, 3.05) is 11.9 Å². The normalized spacial score (nSPS) is 19.1. The zero-order chi connectivity index (χ0) is 19.3. The summed E-state index contributed by atoms with van der Waals surface area (Å²) in [4.78, 5) is 0. The number of hydrogen-bond donors (Lipinski definition) is 1. The molecule has 1 aromatic carbocycles. The lowest BCUT2D eigenvalue weighted by Crippen LogP contribution is -2.52. The zero-order valence-corrected chi connectivity index (χ0v) is 14.6. The number of nitrogens with one attached hydrogen (secondary N) is 1. The lowest BCUT2D eigenvalue weighted by atomic mass is 9.71. The Bertz CT molecular complexity index is 857. The maximum absolute atomic E-state index is 14.4. The van der Waals surface area contributed by atoms with Gasteiger partial charge in [-0.15, -0.1) is 0 Å². The minimum Gasteiger partial charge on any atom is -0.711 e. The molecule has 0 aliphatic carbocycles. The summed E-state index contributed by atoms with van der Waals surface area (Å²) in [6, 6.07) is 4.05. The van der Waals surface area contributed by atoms with Crippen LogP contribution in [0.1, 0.15) is 25.0 Å². The van der Waals surface area contributed by atoms with Gasteiger partial charge >= 0.3 is 6.18 Å². The second-order valence-corrected chi connectivity index (χ2v) is 6.76. The van der Waals surface area contributed by atoms with Crippen molar-refractivity contribution in [1.29, 1.82) is 0 Å². The molecule has 0 spiro atoms. The molecule has 2 aromatic rings. The maximum Gasteiger partial charge on any atom is 0.405 e. The van der Waals surface area contributed by atoms with Crippen LogP contribution < -0.4 is 10.0 Å². The number of ether oxygens (including phenoxy) is 1. The lowest BCUT2D eigenvalue weighted by molar-refractivity contribution is -0.590. The molecule has 1 N–H and O–H groups in total. The Balaban J connectivity index is 2.38. The van der Waals surface area contributed by atoms with E-state index in [4.69, 9.17) is 16.3 Å². The fraction of sp³-hybridized carbons (Fsp3) is 0.353. The van der Waals surface area contributed by atoms with E-state index in [1.807, 2.05) is 0 Å². The Morgan fingerprint density at radius 1 is 1.27 bits per heavy atom. The highest BCUT2D eigenvalue weighted by Gasteiger charge is 2.63. The minimum atomic E-state index is -4.88. The van der Waals surface area contributed by atoms with Crippen LogP contribution >= 0.6 is 11.6 Å². The maximum atomic E-state index is 14.4. The van der Waals surface area contributed by atoms with Gasteiger partial charge in [-0.3, -0.25) is 0 Å². The Morgan fingerprint density at radius 2 is 1.96 bits per heavy atom. The van der Waals surface area contributed by atoms with Crippen LogP contribution in [0.15, 0.2) is 30.5 Å². The quantitative estimate of drug-likeness (QED) is 0.479. The molecule has 0 bridgehead atoms.